The summed E-state index contributed by atoms with van der Waals surface area (Å²) in [6.07, 6.45) is 0. The fourth-order valence-electron chi connectivity index (χ4n) is 0. The summed E-state index contributed by atoms with van der Waals surface area (Å²) in [5.41, 5.74) is 0. The first-order valence-electron chi connectivity index (χ1n) is 1.99. The molecule has 0 bridgehead atoms. The third-order valence-electron chi connectivity index (χ3n) is 0.626. The van der Waals surface area contributed by atoms with Gasteiger partial charge in [0.2, 0.25) is 0 Å². The van der Waals surface area contributed by atoms with Gasteiger partial charge in [-0.05, 0) is 10.4 Å². The molecule has 0 unspecified atom stereocenters. The van der Waals surface area contributed by atoms with Gasteiger partial charge in [-0.2, -0.15) is 0 Å². The van der Waals surface area contributed by atoms with Gasteiger partial charge in [-0.3, -0.25) is 0 Å². The first-order chi connectivity index (χ1) is 2.64. The van der Waals surface area contributed by atoms with Gasteiger partial charge in [-0.25, -0.2) is 0 Å². The molecule has 0 nitrogen and oxygen atoms in total. The third kappa shape index (κ3) is 2.46. The van der Waals surface area contributed by atoms with Crippen molar-refractivity contribution in [3.63, 3.8) is 0 Å². The molecule has 0 saturated carbocycles. The van der Waals surface area contributed by atoms with E-state index in [1.807, 2.05) is 0 Å². The Kier molecular flexibility index (Phi) is 2.49. The summed E-state index contributed by atoms with van der Waals surface area (Å²) in [6, 6.07) is 0. The molecule has 36 valence electrons. The lowest BCUT2D eigenvalue weighted by molar-refractivity contribution is 0.824. The van der Waals surface area contributed by atoms with Crippen LogP contribution in [0.15, 0.2) is 11.1 Å². The van der Waals surface area contributed by atoms with Gasteiger partial charge in [0, 0.05) is 0 Å². The minimum atomic E-state index is 0.574. The Morgan fingerprint density at radius 1 is 1.67 bits per heavy atom. The highest BCUT2D eigenvalue weighted by Crippen LogP contribution is 2.11. The zero-order valence-electron chi connectivity index (χ0n) is 4.16. The van der Waals surface area contributed by atoms with Crippen LogP contribution in [0.3, 0.4) is 0 Å². The van der Waals surface area contributed by atoms with Gasteiger partial charge >= 0.3 is 0 Å². The molecular weight excluding hydrogens is 140 g/mol. The quantitative estimate of drug-likeness (QED) is 0.537. The van der Waals surface area contributed by atoms with Gasteiger partial charge in [0.05, 0.1) is 0 Å². The average molecular weight is 149 g/mol. The molecular formula is C5H9Br. The standard InChI is InChI=1S/C5H9Br/c1-4(2)5(3)6/h4H,3H2,1-2H3. The van der Waals surface area contributed by atoms with Crippen molar-refractivity contribution < 1.29 is 0 Å². The van der Waals surface area contributed by atoms with E-state index in [-0.39, 0.29) is 0 Å². The second-order valence-corrected chi connectivity index (χ2v) is 2.62. The van der Waals surface area contributed by atoms with Crippen LogP contribution in [0.2, 0.25) is 0 Å². The number of rotatable bonds is 1. The Hall–Kier alpha value is 0.220. The van der Waals surface area contributed by atoms with Crippen molar-refractivity contribution in [3.8, 4) is 0 Å². The minimum Gasteiger partial charge on any atom is -0.0886 e. The molecule has 0 aliphatic rings. The lowest BCUT2D eigenvalue weighted by atomic mass is 10.2. The molecule has 0 rings (SSSR count). The average Bonchev–Trinajstić information content (AvgIpc) is 1.36. The van der Waals surface area contributed by atoms with E-state index < -0.39 is 0 Å². The lowest BCUT2D eigenvalue weighted by Crippen LogP contribution is -1.79. The molecule has 0 amide bonds. The van der Waals surface area contributed by atoms with Gasteiger partial charge in [0.1, 0.15) is 0 Å². The van der Waals surface area contributed by atoms with Gasteiger partial charge in [-0.15, -0.1) is 0 Å². The molecule has 0 N–H and O–H groups in total. The van der Waals surface area contributed by atoms with Crippen molar-refractivity contribution >= 4 is 15.9 Å². The molecule has 0 aromatic carbocycles. The Bertz CT molecular complexity index is 55.0. The van der Waals surface area contributed by atoms with Crippen molar-refractivity contribution in [1.82, 2.24) is 0 Å². The van der Waals surface area contributed by atoms with E-state index in [0.29, 0.717) is 5.92 Å². The molecule has 0 saturated heterocycles. The summed E-state index contributed by atoms with van der Waals surface area (Å²) >= 11 is 3.24. The summed E-state index contributed by atoms with van der Waals surface area (Å²) in [5.74, 6) is 0.574. The highest BCUT2D eigenvalue weighted by atomic mass is 79.9. The Labute approximate surface area is 47.4 Å². The van der Waals surface area contributed by atoms with E-state index in [4.69, 9.17) is 0 Å². The van der Waals surface area contributed by atoms with Crippen LogP contribution in [0.4, 0.5) is 0 Å². The molecule has 0 fully saturated rings. The first kappa shape index (κ1) is 6.22. The van der Waals surface area contributed by atoms with Crippen LogP contribution in [-0.4, -0.2) is 0 Å². The molecule has 1 heteroatoms. The van der Waals surface area contributed by atoms with Crippen molar-refractivity contribution in [3.05, 3.63) is 11.1 Å². The number of hydrogen-bond donors (Lipinski definition) is 0. The largest absolute Gasteiger partial charge is 0.0886 e. The van der Waals surface area contributed by atoms with E-state index in [1.54, 1.807) is 0 Å². The number of allylic oxidation sites excluding steroid dienone is 1. The molecule has 0 aromatic rings. The molecule has 0 atom stereocenters. The lowest BCUT2D eigenvalue weighted by Gasteiger charge is -1.95. The monoisotopic (exact) mass is 148 g/mol. The van der Waals surface area contributed by atoms with Crippen molar-refractivity contribution in [2.45, 2.75) is 13.8 Å². The predicted octanol–water partition coefficient (Wildman–Crippen LogP) is 2.55. The smallest absolute Gasteiger partial charge is 0.00957 e. The summed E-state index contributed by atoms with van der Waals surface area (Å²) in [5, 5.41) is 0. The molecule has 0 heterocycles. The van der Waals surface area contributed by atoms with Gasteiger partial charge in [0.15, 0.2) is 0 Å². The maximum absolute atomic E-state index is 3.67. The summed E-state index contributed by atoms with van der Waals surface area (Å²) < 4.78 is 1.07. The van der Waals surface area contributed by atoms with Crippen LogP contribution in [0.1, 0.15) is 13.8 Å². The summed E-state index contributed by atoms with van der Waals surface area (Å²) in [7, 11) is 0. The van der Waals surface area contributed by atoms with E-state index in [1.165, 1.54) is 0 Å². The van der Waals surface area contributed by atoms with Crippen LogP contribution in [0, 0.1) is 5.92 Å². The normalized spacial score (nSPS) is 9.33. The van der Waals surface area contributed by atoms with Crippen molar-refractivity contribution in [2.75, 3.05) is 0 Å². The van der Waals surface area contributed by atoms with Crippen molar-refractivity contribution in [2.24, 2.45) is 5.92 Å². The maximum Gasteiger partial charge on any atom is -0.00957 e. The van der Waals surface area contributed by atoms with Crippen LogP contribution in [-0.2, 0) is 0 Å². The fraction of sp³-hybridized carbons (Fsp3) is 0.600. The molecule has 0 aliphatic carbocycles. The SMILES string of the molecule is C=C(Br)C(C)C. The Balaban J connectivity index is 3.26. The maximum atomic E-state index is 3.67. The van der Waals surface area contributed by atoms with Crippen LogP contribution in [0.5, 0.6) is 0 Å². The Morgan fingerprint density at radius 3 is 1.83 bits per heavy atom. The fourth-order valence-corrected chi connectivity index (χ4v) is 0. The van der Waals surface area contributed by atoms with Crippen LogP contribution < -0.4 is 0 Å². The van der Waals surface area contributed by atoms with Crippen molar-refractivity contribution in [1.29, 1.82) is 0 Å². The highest BCUT2D eigenvalue weighted by molar-refractivity contribution is 9.11. The molecule has 6 heavy (non-hydrogen) atoms. The van der Waals surface area contributed by atoms with Gasteiger partial charge in [-0.1, -0.05) is 36.4 Å². The van der Waals surface area contributed by atoms with E-state index in [0.717, 1.165) is 4.48 Å². The van der Waals surface area contributed by atoms with E-state index in [9.17, 15) is 0 Å². The van der Waals surface area contributed by atoms with Gasteiger partial charge < -0.3 is 0 Å². The predicted molar refractivity (Wildman–Crippen MR) is 32.9 cm³/mol. The number of halogens is 1. The highest BCUT2D eigenvalue weighted by Gasteiger charge is 1.89. The van der Waals surface area contributed by atoms with E-state index in [2.05, 4.69) is 36.4 Å². The molecule has 0 aromatic heterocycles. The molecule has 0 spiro atoms. The summed E-state index contributed by atoms with van der Waals surface area (Å²) in [4.78, 5) is 0. The second-order valence-electron chi connectivity index (χ2n) is 1.60. The minimum absolute atomic E-state index is 0.574. The van der Waals surface area contributed by atoms with E-state index >= 15 is 0 Å². The zero-order chi connectivity index (χ0) is 5.15. The van der Waals surface area contributed by atoms with Crippen LogP contribution >= 0.6 is 15.9 Å². The van der Waals surface area contributed by atoms with Crippen LogP contribution in [0.25, 0.3) is 0 Å². The number of hydrogen-bond acceptors (Lipinski definition) is 0. The van der Waals surface area contributed by atoms with Gasteiger partial charge in [0.25, 0.3) is 0 Å². The molecule has 0 radical (unpaired) electrons. The zero-order valence-corrected chi connectivity index (χ0v) is 5.75. The third-order valence-corrected chi connectivity index (χ3v) is 1.54. The topological polar surface area (TPSA) is 0 Å². The molecule has 0 aliphatic heterocycles. The first-order valence-corrected chi connectivity index (χ1v) is 2.78. The Morgan fingerprint density at radius 2 is 1.83 bits per heavy atom. The summed E-state index contributed by atoms with van der Waals surface area (Å²) in [6.45, 7) is 7.86. The second kappa shape index (κ2) is 2.40.